The van der Waals surface area contributed by atoms with Gasteiger partial charge in [0.1, 0.15) is 6.29 Å². The van der Waals surface area contributed by atoms with E-state index in [2.05, 4.69) is 0 Å². The lowest BCUT2D eigenvalue weighted by Gasteiger charge is -2.10. The molecule has 0 bridgehead atoms. The molecule has 1 aromatic carbocycles. The van der Waals surface area contributed by atoms with E-state index in [1.807, 2.05) is 13.8 Å². The molecule has 1 aromatic rings. The zero-order valence-electron chi connectivity index (χ0n) is 9.82. The first-order valence-electron chi connectivity index (χ1n) is 5.47. The molecule has 0 aromatic heterocycles. The summed E-state index contributed by atoms with van der Waals surface area (Å²) < 4.78 is 0. The van der Waals surface area contributed by atoms with Crippen LogP contribution in [0.2, 0.25) is 0 Å². The van der Waals surface area contributed by atoms with Gasteiger partial charge in [0.05, 0.1) is 11.1 Å². The Balaban J connectivity index is 2.42. The predicted octanol–water partition coefficient (Wildman–Crippen LogP) is 1.49. The molecule has 1 aliphatic heterocycles. The molecule has 17 heavy (non-hydrogen) atoms. The van der Waals surface area contributed by atoms with Crippen LogP contribution in [0.1, 0.15) is 38.3 Å². The molecule has 0 saturated heterocycles. The molecule has 1 heterocycles. The first-order chi connectivity index (χ1) is 8.06. The highest BCUT2D eigenvalue weighted by Gasteiger charge is 2.35. The molecule has 0 fully saturated rings. The molecule has 0 unspecified atom stereocenters. The van der Waals surface area contributed by atoms with E-state index < -0.39 is 0 Å². The molecule has 2 amide bonds. The van der Waals surface area contributed by atoms with Gasteiger partial charge in [0.25, 0.3) is 11.8 Å². The number of aldehydes is 1. The number of imide groups is 1. The van der Waals surface area contributed by atoms with Gasteiger partial charge in [-0.1, -0.05) is 0 Å². The van der Waals surface area contributed by atoms with Gasteiger partial charge in [-0.15, -0.1) is 0 Å². The molecule has 0 spiro atoms. The van der Waals surface area contributed by atoms with Crippen LogP contribution >= 0.6 is 0 Å². The topological polar surface area (TPSA) is 54.5 Å². The van der Waals surface area contributed by atoms with E-state index in [4.69, 9.17) is 0 Å². The van der Waals surface area contributed by atoms with Gasteiger partial charge in [0, 0.05) is 13.0 Å². The molecule has 88 valence electrons. The Kier molecular flexibility index (Phi) is 2.79. The van der Waals surface area contributed by atoms with Crippen molar-refractivity contribution in [2.45, 2.75) is 20.3 Å². The number of nitrogens with zero attached hydrogens (tertiary/aromatic N) is 1. The normalized spacial score (nSPS) is 14.1. The number of hydrogen-bond acceptors (Lipinski definition) is 3. The molecule has 1 aliphatic rings. The molecule has 0 atom stereocenters. The monoisotopic (exact) mass is 231 g/mol. The highest BCUT2D eigenvalue weighted by molar-refractivity contribution is 6.21. The summed E-state index contributed by atoms with van der Waals surface area (Å²) in [6.45, 7) is 3.97. The van der Waals surface area contributed by atoms with Crippen LogP contribution in [0, 0.1) is 13.8 Å². The Morgan fingerprint density at radius 1 is 1.06 bits per heavy atom. The lowest BCUT2D eigenvalue weighted by Crippen LogP contribution is -2.30. The fraction of sp³-hybridized carbons (Fsp3) is 0.308. The van der Waals surface area contributed by atoms with Gasteiger partial charge in [-0.05, 0) is 37.1 Å². The summed E-state index contributed by atoms with van der Waals surface area (Å²) in [6, 6.07) is 3.48. The number of carbonyl (C=O) groups excluding carboxylic acids is 3. The van der Waals surface area contributed by atoms with Crippen molar-refractivity contribution >= 4 is 18.1 Å². The molecule has 4 heteroatoms. The number of rotatable bonds is 3. The van der Waals surface area contributed by atoms with Crippen LogP contribution in [0.4, 0.5) is 0 Å². The van der Waals surface area contributed by atoms with Crippen molar-refractivity contribution in [2.24, 2.45) is 0 Å². The number of fused-ring (bicyclic) bond motifs is 1. The molecular weight excluding hydrogens is 218 g/mol. The Bertz CT molecular complexity index is 479. The third-order valence-corrected chi connectivity index (χ3v) is 3.06. The third-order valence-electron chi connectivity index (χ3n) is 3.06. The maximum Gasteiger partial charge on any atom is 0.261 e. The summed E-state index contributed by atoms with van der Waals surface area (Å²) >= 11 is 0. The number of amides is 2. The standard InChI is InChI=1S/C13H13NO3/c1-8-6-10-11(7-9(8)2)13(17)14(12(10)16)4-3-5-15/h5-7H,3-4H2,1-2H3. The maximum atomic E-state index is 12.0. The molecule has 0 saturated carbocycles. The van der Waals surface area contributed by atoms with Crippen LogP contribution in [0.25, 0.3) is 0 Å². The predicted molar refractivity (Wildman–Crippen MR) is 62.0 cm³/mol. The Morgan fingerprint density at radius 2 is 1.53 bits per heavy atom. The lowest BCUT2D eigenvalue weighted by atomic mass is 10.0. The first-order valence-corrected chi connectivity index (χ1v) is 5.47. The summed E-state index contributed by atoms with van der Waals surface area (Å²) in [5.74, 6) is -0.593. The lowest BCUT2D eigenvalue weighted by molar-refractivity contribution is -0.107. The number of carbonyl (C=O) groups is 3. The minimum absolute atomic E-state index is 0.161. The first kappa shape index (κ1) is 11.5. The van der Waals surface area contributed by atoms with E-state index in [1.54, 1.807) is 12.1 Å². The average molecular weight is 231 g/mol. The zero-order valence-corrected chi connectivity index (χ0v) is 9.82. The van der Waals surface area contributed by atoms with Gasteiger partial charge in [-0.2, -0.15) is 0 Å². The quantitative estimate of drug-likeness (QED) is 0.585. The van der Waals surface area contributed by atoms with E-state index in [-0.39, 0.29) is 24.8 Å². The van der Waals surface area contributed by atoms with Crippen LogP contribution in [0.5, 0.6) is 0 Å². The Hall–Kier alpha value is -1.97. The van der Waals surface area contributed by atoms with Crippen molar-refractivity contribution in [2.75, 3.05) is 6.54 Å². The van der Waals surface area contributed by atoms with Crippen molar-refractivity contribution in [3.05, 3.63) is 34.4 Å². The van der Waals surface area contributed by atoms with Gasteiger partial charge >= 0.3 is 0 Å². The van der Waals surface area contributed by atoms with Crippen molar-refractivity contribution in [3.8, 4) is 0 Å². The van der Waals surface area contributed by atoms with Crippen molar-refractivity contribution in [1.82, 2.24) is 4.90 Å². The van der Waals surface area contributed by atoms with Crippen molar-refractivity contribution in [3.63, 3.8) is 0 Å². The fourth-order valence-electron chi connectivity index (χ4n) is 1.94. The summed E-state index contributed by atoms with van der Waals surface area (Å²) in [7, 11) is 0. The highest BCUT2D eigenvalue weighted by Crippen LogP contribution is 2.25. The van der Waals surface area contributed by atoms with Gasteiger partial charge in [0.15, 0.2) is 0 Å². The second kappa shape index (κ2) is 4.13. The van der Waals surface area contributed by atoms with Gasteiger partial charge in [0.2, 0.25) is 0 Å². The number of aryl methyl sites for hydroxylation is 2. The van der Waals surface area contributed by atoms with E-state index in [1.165, 1.54) is 0 Å². The number of benzene rings is 1. The summed E-state index contributed by atoms with van der Waals surface area (Å²) in [6.07, 6.45) is 0.892. The molecule has 0 N–H and O–H groups in total. The molecular formula is C13H13NO3. The second-order valence-electron chi connectivity index (χ2n) is 4.20. The minimum Gasteiger partial charge on any atom is -0.303 e. The van der Waals surface area contributed by atoms with Crippen LogP contribution in [-0.4, -0.2) is 29.5 Å². The van der Waals surface area contributed by atoms with Crippen LogP contribution in [0.15, 0.2) is 12.1 Å². The van der Waals surface area contributed by atoms with E-state index in [0.29, 0.717) is 17.4 Å². The molecule has 2 rings (SSSR count). The van der Waals surface area contributed by atoms with Gasteiger partial charge < -0.3 is 4.79 Å². The summed E-state index contributed by atoms with van der Waals surface area (Å²) in [5, 5.41) is 0. The van der Waals surface area contributed by atoms with Gasteiger partial charge in [-0.3, -0.25) is 14.5 Å². The summed E-state index contributed by atoms with van der Waals surface area (Å²) in [4.78, 5) is 35.4. The van der Waals surface area contributed by atoms with E-state index in [0.717, 1.165) is 16.0 Å². The third kappa shape index (κ3) is 1.75. The average Bonchev–Trinajstić information content (AvgIpc) is 2.51. The minimum atomic E-state index is -0.296. The highest BCUT2D eigenvalue weighted by atomic mass is 16.2. The van der Waals surface area contributed by atoms with Crippen LogP contribution < -0.4 is 0 Å². The fourth-order valence-corrected chi connectivity index (χ4v) is 1.94. The number of hydrogen-bond donors (Lipinski definition) is 0. The smallest absolute Gasteiger partial charge is 0.261 e. The Morgan fingerprint density at radius 3 is 1.94 bits per heavy atom. The van der Waals surface area contributed by atoms with E-state index in [9.17, 15) is 14.4 Å². The van der Waals surface area contributed by atoms with Crippen molar-refractivity contribution < 1.29 is 14.4 Å². The largest absolute Gasteiger partial charge is 0.303 e. The SMILES string of the molecule is Cc1cc2c(cc1C)C(=O)N(CCC=O)C2=O. The molecule has 0 radical (unpaired) electrons. The van der Waals surface area contributed by atoms with E-state index >= 15 is 0 Å². The maximum absolute atomic E-state index is 12.0. The zero-order chi connectivity index (χ0) is 12.6. The van der Waals surface area contributed by atoms with Crippen LogP contribution in [0.3, 0.4) is 0 Å². The van der Waals surface area contributed by atoms with Gasteiger partial charge in [-0.25, -0.2) is 0 Å². The van der Waals surface area contributed by atoms with Crippen LogP contribution in [-0.2, 0) is 4.79 Å². The molecule has 4 nitrogen and oxygen atoms in total. The summed E-state index contributed by atoms with van der Waals surface area (Å²) in [5.41, 5.74) is 2.87. The molecule has 0 aliphatic carbocycles. The Labute approximate surface area is 99.2 Å². The second-order valence-corrected chi connectivity index (χ2v) is 4.20. The van der Waals surface area contributed by atoms with Crippen molar-refractivity contribution in [1.29, 1.82) is 0 Å².